The fourth-order valence-corrected chi connectivity index (χ4v) is 3.54. The zero-order chi connectivity index (χ0) is 13.8. The van der Waals surface area contributed by atoms with Gasteiger partial charge in [0.2, 0.25) is 0 Å². The lowest BCUT2D eigenvalue weighted by molar-refractivity contribution is 0.179. The van der Waals surface area contributed by atoms with Crippen LogP contribution in [0.1, 0.15) is 80.1 Å². The van der Waals surface area contributed by atoms with Crippen molar-refractivity contribution in [3.8, 4) is 0 Å². The predicted octanol–water partition coefficient (Wildman–Crippen LogP) is 5.01. The van der Waals surface area contributed by atoms with E-state index in [4.69, 9.17) is 0 Å². The van der Waals surface area contributed by atoms with Gasteiger partial charge >= 0.3 is 0 Å². The summed E-state index contributed by atoms with van der Waals surface area (Å²) in [4.78, 5) is 0. The van der Waals surface area contributed by atoms with Crippen LogP contribution in [0.2, 0.25) is 0 Å². The van der Waals surface area contributed by atoms with E-state index < -0.39 is 0 Å². The van der Waals surface area contributed by atoms with Crippen LogP contribution in [0.3, 0.4) is 0 Å². The highest BCUT2D eigenvalue weighted by molar-refractivity contribution is 4.86. The Kier molecular flexibility index (Phi) is 6.17. The monoisotopic (exact) mass is 253 g/mol. The molecule has 18 heavy (non-hydrogen) atoms. The molecule has 1 fully saturated rings. The average molecular weight is 253 g/mol. The maximum atomic E-state index is 3.97. The molecule has 1 saturated carbocycles. The first-order chi connectivity index (χ1) is 8.28. The van der Waals surface area contributed by atoms with E-state index >= 15 is 0 Å². The van der Waals surface area contributed by atoms with E-state index in [1.165, 1.54) is 38.5 Å². The van der Waals surface area contributed by atoms with Crippen molar-refractivity contribution in [1.82, 2.24) is 5.32 Å². The van der Waals surface area contributed by atoms with Crippen molar-refractivity contribution in [3.63, 3.8) is 0 Å². The van der Waals surface area contributed by atoms with Crippen molar-refractivity contribution >= 4 is 0 Å². The van der Waals surface area contributed by atoms with Crippen LogP contribution in [0.25, 0.3) is 0 Å². The van der Waals surface area contributed by atoms with E-state index in [0.29, 0.717) is 5.41 Å². The Balaban J connectivity index is 2.48. The van der Waals surface area contributed by atoms with Gasteiger partial charge < -0.3 is 5.32 Å². The number of hydrogen-bond acceptors (Lipinski definition) is 1. The van der Waals surface area contributed by atoms with Gasteiger partial charge in [0, 0.05) is 12.1 Å². The van der Waals surface area contributed by atoms with E-state index in [9.17, 15) is 0 Å². The molecule has 1 atom stereocenters. The highest BCUT2D eigenvalue weighted by Crippen LogP contribution is 2.35. The van der Waals surface area contributed by atoms with Gasteiger partial charge in [0.1, 0.15) is 0 Å². The Bertz CT molecular complexity index is 220. The zero-order valence-corrected chi connectivity index (χ0v) is 13.6. The molecule has 0 aromatic rings. The minimum atomic E-state index is 0.552. The van der Waals surface area contributed by atoms with Crippen LogP contribution >= 0.6 is 0 Å². The molecule has 108 valence electrons. The number of hydrogen-bond donors (Lipinski definition) is 1. The van der Waals surface area contributed by atoms with Crippen molar-refractivity contribution in [2.45, 2.75) is 92.2 Å². The van der Waals surface area contributed by atoms with Crippen molar-refractivity contribution < 1.29 is 0 Å². The van der Waals surface area contributed by atoms with E-state index in [-0.39, 0.29) is 0 Å². The lowest BCUT2D eigenvalue weighted by Gasteiger charge is -2.38. The predicted molar refractivity (Wildman–Crippen MR) is 81.9 cm³/mol. The Labute approximate surface area is 115 Å². The van der Waals surface area contributed by atoms with Crippen LogP contribution in [-0.4, -0.2) is 12.1 Å². The normalized spacial score (nSPS) is 24.2. The molecule has 1 N–H and O–H groups in total. The molecule has 1 aliphatic rings. The summed E-state index contributed by atoms with van der Waals surface area (Å²) in [5, 5.41) is 3.97. The second-order valence-electron chi connectivity index (χ2n) is 8.08. The molecular formula is C17H35N. The van der Waals surface area contributed by atoms with Crippen molar-refractivity contribution in [2.75, 3.05) is 0 Å². The van der Waals surface area contributed by atoms with Gasteiger partial charge in [0.15, 0.2) is 0 Å². The molecule has 0 aliphatic heterocycles. The van der Waals surface area contributed by atoms with Crippen LogP contribution in [0, 0.1) is 17.3 Å². The Morgan fingerprint density at radius 1 is 1.06 bits per heavy atom. The van der Waals surface area contributed by atoms with E-state index in [1.807, 2.05) is 0 Å². The van der Waals surface area contributed by atoms with Crippen LogP contribution in [0.4, 0.5) is 0 Å². The molecule has 0 radical (unpaired) electrons. The fraction of sp³-hybridized carbons (Fsp3) is 1.00. The molecule has 1 rings (SSSR count). The highest BCUT2D eigenvalue weighted by Gasteiger charge is 2.29. The second kappa shape index (κ2) is 6.93. The molecule has 0 aromatic heterocycles. The Morgan fingerprint density at radius 3 is 2.06 bits per heavy atom. The first-order valence-corrected chi connectivity index (χ1v) is 8.04. The summed E-state index contributed by atoms with van der Waals surface area (Å²) in [5.41, 5.74) is 0.552. The highest BCUT2D eigenvalue weighted by atomic mass is 15.0. The van der Waals surface area contributed by atoms with Crippen molar-refractivity contribution in [3.05, 3.63) is 0 Å². The lowest BCUT2D eigenvalue weighted by Crippen LogP contribution is -2.44. The van der Waals surface area contributed by atoms with Crippen molar-refractivity contribution in [2.24, 2.45) is 17.3 Å². The van der Waals surface area contributed by atoms with Gasteiger partial charge in [-0.25, -0.2) is 0 Å². The Hall–Kier alpha value is -0.0400. The van der Waals surface area contributed by atoms with Gasteiger partial charge in [0.25, 0.3) is 0 Å². The number of rotatable bonds is 6. The summed E-state index contributed by atoms with van der Waals surface area (Å²) in [7, 11) is 0. The quantitative estimate of drug-likeness (QED) is 0.702. The molecule has 1 unspecified atom stereocenters. The van der Waals surface area contributed by atoms with E-state index in [1.54, 1.807) is 0 Å². The van der Waals surface area contributed by atoms with Crippen LogP contribution < -0.4 is 5.32 Å². The fourth-order valence-electron chi connectivity index (χ4n) is 3.54. The zero-order valence-electron chi connectivity index (χ0n) is 13.6. The minimum absolute atomic E-state index is 0.552. The topological polar surface area (TPSA) is 12.0 Å². The van der Waals surface area contributed by atoms with Gasteiger partial charge in [0.05, 0.1) is 0 Å². The SMILES string of the molecule is CC(C)CC(CC(C)C)NC1CCCC(C)(C)C1. The molecule has 1 nitrogen and oxygen atoms in total. The van der Waals surface area contributed by atoms with Crippen molar-refractivity contribution in [1.29, 1.82) is 0 Å². The second-order valence-corrected chi connectivity index (χ2v) is 8.08. The molecular weight excluding hydrogens is 218 g/mol. The summed E-state index contributed by atoms with van der Waals surface area (Å²) in [6, 6.07) is 1.49. The maximum Gasteiger partial charge on any atom is 0.00747 e. The molecule has 1 aliphatic carbocycles. The first-order valence-electron chi connectivity index (χ1n) is 8.04. The van der Waals surface area contributed by atoms with Crippen LogP contribution in [0.15, 0.2) is 0 Å². The minimum Gasteiger partial charge on any atom is -0.311 e. The molecule has 0 amide bonds. The molecule has 0 bridgehead atoms. The molecule has 0 spiro atoms. The summed E-state index contributed by atoms with van der Waals surface area (Å²) < 4.78 is 0. The first kappa shape index (κ1) is 16.0. The Morgan fingerprint density at radius 2 is 1.61 bits per heavy atom. The van der Waals surface area contributed by atoms with Gasteiger partial charge in [-0.05, 0) is 49.4 Å². The smallest absolute Gasteiger partial charge is 0.00747 e. The lowest BCUT2D eigenvalue weighted by atomic mass is 9.75. The van der Waals surface area contributed by atoms with Gasteiger partial charge in [-0.1, -0.05) is 48.0 Å². The molecule has 0 saturated heterocycles. The number of nitrogens with one attached hydrogen (secondary N) is 1. The van der Waals surface area contributed by atoms with Crippen LogP contribution in [0.5, 0.6) is 0 Å². The van der Waals surface area contributed by atoms with Gasteiger partial charge in [-0.2, -0.15) is 0 Å². The summed E-state index contributed by atoms with van der Waals surface area (Å²) >= 11 is 0. The third kappa shape index (κ3) is 6.22. The molecule has 0 heterocycles. The summed E-state index contributed by atoms with van der Waals surface area (Å²) in [5.74, 6) is 1.61. The standard InChI is InChI=1S/C17H35N/c1-13(2)10-16(11-14(3)4)18-15-8-7-9-17(5,6)12-15/h13-16,18H,7-12H2,1-6H3. The largest absolute Gasteiger partial charge is 0.311 e. The van der Waals surface area contributed by atoms with E-state index in [2.05, 4.69) is 46.9 Å². The van der Waals surface area contributed by atoms with Gasteiger partial charge in [-0.3, -0.25) is 0 Å². The third-order valence-electron chi connectivity index (χ3n) is 4.19. The summed E-state index contributed by atoms with van der Waals surface area (Å²) in [6.07, 6.45) is 8.21. The third-order valence-corrected chi connectivity index (χ3v) is 4.19. The average Bonchev–Trinajstić information content (AvgIpc) is 2.12. The van der Waals surface area contributed by atoms with Crippen LogP contribution in [-0.2, 0) is 0 Å². The van der Waals surface area contributed by atoms with Gasteiger partial charge in [-0.15, -0.1) is 0 Å². The summed E-state index contributed by atoms with van der Waals surface area (Å²) in [6.45, 7) is 14.3. The molecule has 0 aromatic carbocycles. The van der Waals surface area contributed by atoms with E-state index in [0.717, 1.165) is 23.9 Å². The molecule has 1 heteroatoms. The maximum absolute atomic E-state index is 3.97.